The van der Waals surface area contributed by atoms with E-state index >= 15 is 0 Å². The fraction of sp³-hybridized carbons (Fsp3) is 0.611. The van der Waals surface area contributed by atoms with Crippen LogP contribution in [0.1, 0.15) is 84.1 Å². The first kappa shape index (κ1) is 35.8. The molecule has 3 aliphatic rings. The van der Waals surface area contributed by atoms with Crippen molar-refractivity contribution in [1.82, 2.24) is 14.6 Å². The van der Waals surface area contributed by atoms with E-state index in [9.17, 15) is 14.4 Å². The molecular formula is C36H52N5O6S+. The second kappa shape index (κ2) is 15.4. The Kier molecular flexibility index (Phi) is 11.5. The summed E-state index contributed by atoms with van der Waals surface area (Å²) in [6.45, 7) is 8.22. The average molecular weight is 683 g/mol. The molecule has 0 radical (unpaired) electrons. The highest BCUT2D eigenvalue weighted by atomic mass is 32.2. The molecule has 2 saturated carbocycles. The van der Waals surface area contributed by atoms with E-state index in [1.165, 1.54) is 12.8 Å². The molecular weight excluding hydrogens is 630 g/mol. The first-order chi connectivity index (χ1) is 22.9. The van der Waals surface area contributed by atoms with Crippen LogP contribution >= 0.6 is 11.9 Å². The van der Waals surface area contributed by atoms with Crippen molar-refractivity contribution in [2.24, 2.45) is 17.6 Å². The van der Waals surface area contributed by atoms with Gasteiger partial charge in [0.1, 0.15) is 23.6 Å². The smallest absolute Gasteiger partial charge is 0.281 e. The number of nitrogens with zero attached hydrogens (tertiary/aromatic N) is 2. The van der Waals surface area contributed by atoms with E-state index in [2.05, 4.69) is 29.5 Å². The fourth-order valence-electron chi connectivity index (χ4n) is 6.27. The standard InChI is InChI=1S/C36H51N5O6S/c1-21(2)46-31-19-30(25-13-14-29(45-5)22(3)32(25)39-31)47-24-18-28(33(38)42)41(20-24)35(44)27(37)12-10-8-6-7-9-11-23-17-26(23)34(43)40-48-36(4)15-16-36/h9,11,13-14,19,21,23-24,26-28H,6-8,10,12,15-18,20,37H2,1-5H3,(H2,38,42)(H,40,43)/p+1/b11-9-/t23?,24-,26?,27+,28?/m1/s1. The van der Waals surface area contributed by atoms with Gasteiger partial charge in [-0.05, 0) is 96.2 Å². The monoisotopic (exact) mass is 682 g/mol. The first-order valence-corrected chi connectivity index (χ1v) is 18.1. The molecule has 1 aromatic carbocycles. The van der Waals surface area contributed by atoms with E-state index in [1.807, 2.05) is 32.9 Å². The number of nitrogens with one attached hydrogen (secondary N) is 1. The molecule has 48 heavy (non-hydrogen) atoms. The number of ether oxygens (including phenoxy) is 3. The molecule has 1 saturated heterocycles. The molecule has 5 rings (SSSR count). The number of carbonyl (C=O) groups is 3. The molecule has 3 unspecified atom stereocenters. The number of nitrogens with two attached hydrogens (primary N) is 1. The lowest BCUT2D eigenvalue weighted by atomic mass is 10.1. The second-order valence-electron chi connectivity index (χ2n) is 14.1. The Labute approximate surface area is 288 Å². The van der Waals surface area contributed by atoms with Gasteiger partial charge in [-0.1, -0.05) is 18.6 Å². The van der Waals surface area contributed by atoms with E-state index in [0.717, 1.165) is 43.1 Å². The van der Waals surface area contributed by atoms with E-state index in [1.54, 1.807) is 30.0 Å². The summed E-state index contributed by atoms with van der Waals surface area (Å²) in [5.41, 5.74) is 11.5. The Morgan fingerprint density at radius 1 is 1.19 bits per heavy atom. The maximum Gasteiger partial charge on any atom is 0.281 e. The van der Waals surface area contributed by atoms with Crippen molar-refractivity contribution in [3.8, 4) is 17.4 Å². The highest BCUT2D eigenvalue weighted by Gasteiger charge is 2.44. The minimum absolute atomic E-state index is 0.0902. The van der Waals surface area contributed by atoms with Gasteiger partial charge in [0.25, 0.3) is 5.91 Å². The number of carbonyl (C=O) groups excluding carboxylic acids is 3. The second-order valence-corrected chi connectivity index (χ2v) is 15.5. The number of aryl methyl sites for hydroxylation is 1. The molecule has 1 aliphatic heterocycles. The molecule has 262 valence electrons. The van der Waals surface area contributed by atoms with Crippen LogP contribution in [0.25, 0.3) is 10.9 Å². The van der Waals surface area contributed by atoms with Crippen molar-refractivity contribution in [2.45, 2.75) is 115 Å². The molecule has 2 heterocycles. The number of rotatable bonds is 17. The minimum Gasteiger partial charge on any atom is -0.496 e. The van der Waals surface area contributed by atoms with Gasteiger partial charge in [-0.15, -0.1) is 0 Å². The molecule has 11 nitrogen and oxygen atoms in total. The van der Waals surface area contributed by atoms with Gasteiger partial charge in [0, 0.05) is 40.5 Å². The number of hydrogen-bond acceptors (Lipinski definition) is 8. The van der Waals surface area contributed by atoms with Crippen LogP contribution in [0, 0.1) is 18.8 Å². The molecule has 6 N–H and O–H groups in total. The summed E-state index contributed by atoms with van der Waals surface area (Å²) < 4.78 is 21.2. The maximum atomic E-state index is 13.5. The lowest BCUT2D eigenvalue weighted by Crippen LogP contribution is -2.68. The number of unbranched alkanes of at least 4 members (excludes halogenated alkanes) is 3. The molecule has 5 atom stereocenters. The minimum atomic E-state index is -0.762. The summed E-state index contributed by atoms with van der Waals surface area (Å²) in [6, 6.07) is 4.28. The lowest BCUT2D eigenvalue weighted by molar-refractivity contribution is -0.407. The summed E-state index contributed by atoms with van der Waals surface area (Å²) in [5.74, 6) is 1.59. The number of methoxy groups -OCH3 is 1. The zero-order valence-corrected chi connectivity index (χ0v) is 29.8. The number of likely N-dealkylation sites (tertiary alicyclic amines) is 1. The van der Waals surface area contributed by atoms with Crippen molar-refractivity contribution >= 4 is 40.6 Å². The first-order valence-electron chi connectivity index (χ1n) is 17.3. The predicted octanol–water partition coefficient (Wildman–Crippen LogP) is 4.24. The van der Waals surface area contributed by atoms with Crippen LogP contribution < -0.4 is 30.4 Å². The number of benzene rings is 1. The van der Waals surface area contributed by atoms with Crippen molar-refractivity contribution in [2.75, 3.05) is 13.7 Å². The van der Waals surface area contributed by atoms with Crippen LogP contribution in [0.4, 0.5) is 0 Å². The van der Waals surface area contributed by atoms with Gasteiger partial charge in [-0.25, -0.2) is 4.98 Å². The van der Waals surface area contributed by atoms with E-state index in [0.29, 0.717) is 41.7 Å². The third-order valence-corrected chi connectivity index (χ3v) is 10.8. The quantitative estimate of drug-likeness (QED) is 0.127. The topological polar surface area (TPSA) is 161 Å². The van der Waals surface area contributed by atoms with Gasteiger partial charge < -0.3 is 30.6 Å². The van der Waals surface area contributed by atoms with E-state index < -0.39 is 24.1 Å². The molecule has 1 aromatic heterocycles. The van der Waals surface area contributed by atoms with E-state index in [4.69, 9.17) is 24.9 Å². The van der Waals surface area contributed by atoms with Crippen molar-refractivity contribution in [3.63, 3.8) is 0 Å². The van der Waals surface area contributed by atoms with Crippen LogP contribution in [0.3, 0.4) is 0 Å². The highest BCUT2D eigenvalue weighted by Crippen LogP contribution is 2.47. The van der Waals surface area contributed by atoms with E-state index in [-0.39, 0.29) is 35.1 Å². The molecule has 2 aliphatic carbocycles. The van der Waals surface area contributed by atoms with Crippen LogP contribution in [-0.2, 0) is 14.4 Å². The van der Waals surface area contributed by atoms with Crippen molar-refractivity contribution in [1.29, 1.82) is 0 Å². The number of amides is 3. The molecule has 0 bridgehead atoms. The Morgan fingerprint density at radius 3 is 2.65 bits per heavy atom. The van der Waals surface area contributed by atoms with Gasteiger partial charge in [0.2, 0.25) is 17.7 Å². The summed E-state index contributed by atoms with van der Waals surface area (Å²) in [7, 11) is 1.62. The van der Waals surface area contributed by atoms with Crippen molar-refractivity contribution < 1.29 is 34.3 Å². The normalized spacial score (nSPS) is 23.4. The number of pyridine rings is 1. The van der Waals surface area contributed by atoms with Crippen molar-refractivity contribution in [3.05, 3.63) is 35.9 Å². The Bertz CT molecular complexity index is 1530. The van der Waals surface area contributed by atoms with Gasteiger partial charge in [-0.3, -0.25) is 19.1 Å². The molecule has 3 fully saturated rings. The fourth-order valence-corrected chi connectivity index (χ4v) is 7.07. The third-order valence-electron chi connectivity index (χ3n) is 9.55. The number of aromatic nitrogens is 1. The van der Waals surface area contributed by atoms with Crippen LogP contribution in [0.2, 0.25) is 0 Å². The molecule has 2 aromatic rings. The number of primary amides is 1. The Morgan fingerprint density at radius 2 is 1.96 bits per heavy atom. The number of hydrogen-bond donors (Lipinski definition) is 3. The highest BCUT2D eigenvalue weighted by molar-refractivity contribution is 7.99. The van der Waals surface area contributed by atoms with Crippen LogP contribution in [0.15, 0.2) is 30.4 Å². The van der Waals surface area contributed by atoms with Gasteiger partial charge in [0.15, 0.2) is 6.04 Å². The number of allylic oxidation sites excluding steroid dienone is 2. The SMILES string of the molecule is COc1ccc2c(O[C@@H]3CC(C(N)=O)N(C(=O)[C@@H]([NH3+])CCCCC/C=C\C4CC4C(=O)NSC4(C)CC4)C3)cc(OC(C)C)nc2c1C. The zero-order chi connectivity index (χ0) is 34.6. The van der Waals surface area contributed by atoms with Gasteiger partial charge in [-0.2, -0.15) is 0 Å². The zero-order valence-electron chi connectivity index (χ0n) is 29.0. The maximum absolute atomic E-state index is 13.5. The number of fused-ring (bicyclic) bond motifs is 1. The summed E-state index contributed by atoms with van der Waals surface area (Å²) >= 11 is 1.58. The average Bonchev–Trinajstić information content (AvgIpc) is 3.95. The largest absolute Gasteiger partial charge is 0.496 e. The molecule has 12 heteroatoms. The van der Waals surface area contributed by atoms with Crippen LogP contribution in [-0.4, -0.2) is 70.3 Å². The summed E-state index contributed by atoms with van der Waals surface area (Å²) in [5, 5.41) is 0.787. The summed E-state index contributed by atoms with van der Waals surface area (Å²) in [4.78, 5) is 44.5. The number of quaternary nitrogens is 1. The molecule has 3 amide bonds. The van der Waals surface area contributed by atoms with Gasteiger partial charge >= 0.3 is 0 Å². The Hall–Kier alpha value is -3.51. The van der Waals surface area contributed by atoms with Crippen LogP contribution in [0.5, 0.6) is 17.4 Å². The van der Waals surface area contributed by atoms with Gasteiger partial charge in [0.05, 0.1) is 25.3 Å². The third kappa shape index (κ3) is 8.93. The lowest BCUT2D eigenvalue weighted by Gasteiger charge is -2.23. The summed E-state index contributed by atoms with van der Waals surface area (Å²) in [6.07, 6.45) is 11.8. The molecule has 0 spiro atoms. The Balaban J connectivity index is 1.10. The predicted molar refractivity (Wildman–Crippen MR) is 186 cm³/mol.